The van der Waals surface area contributed by atoms with Crippen molar-refractivity contribution in [3.63, 3.8) is 0 Å². The molecule has 114 valence electrons. The van der Waals surface area contributed by atoms with Crippen LogP contribution in [0.1, 0.15) is 30.4 Å². The predicted molar refractivity (Wildman–Crippen MR) is 96.6 cm³/mol. The summed E-state index contributed by atoms with van der Waals surface area (Å²) in [5, 5.41) is 0. The third-order valence-electron chi connectivity index (χ3n) is 5.45. The van der Waals surface area contributed by atoms with Gasteiger partial charge in [0.25, 0.3) is 0 Å². The lowest BCUT2D eigenvalue weighted by Gasteiger charge is -2.24. The number of hydrogen-bond acceptors (Lipinski definition) is 0. The molecule has 0 unspecified atom stereocenters. The Morgan fingerprint density at radius 2 is 1.52 bits per heavy atom. The molecule has 2 bridgehead atoms. The van der Waals surface area contributed by atoms with E-state index < -0.39 is 0 Å². The first-order valence-corrected chi connectivity index (χ1v) is 8.70. The Labute approximate surface area is 139 Å². The SMILES string of the molecule is C(#C[C@H]1[C@@H]2CC[C@@H](C2)[C@H]1/C=C/c1ccccc1)c1ccccc1. The lowest BCUT2D eigenvalue weighted by atomic mass is 9.79. The van der Waals surface area contributed by atoms with Crippen LogP contribution in [0.3, 0.4) is 0 Å². The average molecular weight is 298 g/mol. The summed E-state index contributed by atoms with van der Waals surface area (Å²) in [5.41, 5.74) is 2.44. The van der Waals surface area contributed by atoms with E-state index in [-0.39, 0.29) is 0 Å². The van der Waals surface area contributed by atoms with Crippen molar-refractivity contribution in [3.05, 3.63) is 77.9 Å². The Bertz CT molecular complexity index is 730. The number of rotatable bonds is 2. The van der Waals surface area contributed by atoms with Crippen molar-refractivity contribution in [2.45, 2.75) is 19.3 Å². The van der Waals surface area contributed by atoms with Gasteiger partial charge in [0.1, 0.15) is 0 Å². The van der Waals surface area contributed by atoms with Crippen LogP contribution in [0.4, 0.5) is 0 Å². The fourth-order valence-corrected chi connectivity index (χ4v) is 4.30. The van der Waals surface area contributed by atoms with Crippen molar-refractivity contribution in [1.29, 1.82) is 0 Å². The van der Waals surface area contributed by atoms with Gasteiger partial charge in [-0.2, -0.15) is 0 Å². The molecule has 2 aromatic rings. The summed E-state index contributed by atoms with van der Waals surface area (Å²) in [7, 11) is 0. The number of fused-ring (bicyclic) bond motifs is 2. The molecule has 0 aromatic heterocycles. The lowest BCUT2D eigenvalue weighted by Crippen LogP contribution is -2.19. The van der Waals surface area contributed by atoms with Crippen LogP contribution in [0.15, 0.2) is 66.7 Å². The van der Waals surface area contributed by atoms with Crippen LogP contribution in [-0.2, 0) is 0 Å². The van der Waals surface area contributed by atoms with Crippen molar-refractivity contribution < 1.29 is 0 Å². The highest BCUT2D eigenvalue weighted by Gasteiger charge is 2.45. The van der Waals surface area contributed by atoms with Crippen molar-refractivity contribution >= 4 is 6.08 Å². The van der Waals surface area contributed by atoms with Gasteiger partial charge in [0.05, 0.1) is 0 Å². The van der Waals surface area contributed by atoms with Crippen molar-refractivity contribution in [2.24, 2.45) is 23.7 Å². The summed E-state index contributed by atoms with van der Waals surface area (Å²) in [6.07, 6.45) is 8.86. The molecule has 0 aliphatic heterocycles. The molecule has 0 heterocycles. The molecule has 2 saturated carbocycles. The first-order chi connectivity index (χ1) is 11.4. The van der Waals surface area contributed by atoms with Crippen LogP contribution in [0.5, 0.6) is 0 Å². The molecule has 4 atom stereocenters. The lowest BCUT2D eigenvalue weighted by molar-refractivity contribution is 0.328. The van der Waals surface area contributed by atoms with E-state index in [4.69, 9.17) is 0 Å². The van der Waals surface area contributed by atoms with E-state index in [0.717, 1.165) is 17.4 Å². The van der Waals surface area contributed by atoms with Gasteiger partial charge in [0, 0.05) is 11.5 Å². The van der Waals surface area contributed by atoms with Crippen LogP contribution in [0.25, 0.3) is 6.08 Å². The molecule has 2 aliphatic carbocycles. The highest BCUT2D eigenvalue weighted by Crippen LogP contribution is 2.52. The van der Waals surface area contributed by atoms with Gasteiger partial charge in [0.15, 0.2) is 0 Å². The Morgan fingerprint density at radius 3 is 2.30 bits per heavy atom. The van der Waals surface area contributed by atoms with Gasteiger partial charge in [0.2, 0.25) is 0 Å². The fraction of sp³-hybridized carbons (Fsp3) is 0.304. The van der Waals surface area contributed by atoms with Crippen LogP contribution in [0, 0.1) is 35.5 Å². The van der Waals surface area contributed by atoms with E-state index in [1.807, 2.05) is 6.07 Å². The Morgan fingerprint density at radius 1 is 0.826 bits per heavy atom. The molecule has 4 rings (SSSR count). The van der Waals surface area contributed by atoms with E-state index in [1.165, 1.54) is 24.8 Å². The zero-order valence-corrected chi connectivity index (χ0v) is 13.4. The summed E-state index contributed by atoms with van der Waals surface area (Å²) < 4.78 is 0. The molecular weight excluding hydrogens is 276 g/mol. The highest BCUT2D eigenvalue weighted by atomic mass is 14.5. The zero-order valence-electron chi connectivity index (χ0n) is 13.4. The van der Waals surface area contributed by atoms with Crippen molar-refractivity contribution in [2.75, 3.05) is 0 Å². The van der Waals surface area contributed by atoms with Gasteiger partial charge in [-0.25, -0.2) is 0 Å². The summed E-state index contributed by atoms with van der Waals surface area (Å²) in [5.74, 6) is 9.85. The van der Waals surface area contributed by atoms with Crippen molar-refractivity contribution in [3.8, 4) is 11.8 Å². The zero-order chi connectivity index (χ0) is 15.5. The maximum absolute atomic E-state index is 3.61. The van der Waals surface area contributed by atoms with Crippen LogP contribution >= 0.6 is 0 Å². The average Bonchev–Trinajstić information content (AvgIpc) is 3.21. The number of hydrogen-bond donors (Lipinski definition) is 0. The van der Waals surface area contributed by atoms with Crippen LogP contribution < -0.4 is 0 Å². The third kappa shape index (κ3) is 3.10. The second kappa shape index (κ2) is 6.47. The van der Waals surface area contributed by atoms with Gasteiger partial charge < -0.3 is 0 Å². The van der Waals surface area contributed by atoms with E-state index in [1.54, 1.807) is 0 Å². The highest BCUT2D eigenvalue weighted by molar-refractivity contribution is 5.49. The maximum Gasteiger partial charge on any atom is 0.0300 e. The monoisotopic (exact) mass is 298 g/mol. The molecule has 2 fully saturated rings. The topological polar surface area (TPSA) is 0 Å². The standard InChI is InChI=1S/C23H22/c1-3-7-18(8-4-1)11-15-22-20-13-14-21(17-20)23(22)16-12-19-9-5-2-6-10-19/h1-11,15,20-23H,13-14,17H2/b15-11+/t20-,21+,22+,23-/m0/s1. The third-order valence-corrected chi connectivity index (χ3v) is 5.45. The van der Waals surface area contributed by atoms with E-state index in [9.17, 15) is 0 Å². The van der Waals surface area contributed by atoms with Gasteiger partial charge in [-0.05, 0) is 54.7 Å². The summed E-state index contributed by atoms with van der Waals surface area (Å²) in [6, 6.07) is 21.0. The molecular formula is C23H22. The molecule has 2 aliphatic rings. The molecule has 0 spiro atoms. The van der Waals surface area contributed by atoms with Gasteiger partial charge in [-0.1, -0.05) is 72.5 Å². The van der Waals surface area contributed by atoms with Gasteiger partial charge in [-0.3, -0.25) is 0 Å². The second-order valence-electron chi connectivity index (χ2n) is 6.84. The summed E-state index contributed by atoms with van der Waals surface area (Å²) in [4.78, 5) is 0. The Kier molecular flexibility index (Phi) is 4.03. The second-order valence-corrected chi connectivity index (χ2v) is 6.84. The molecule has 0 saturated heterocycles. The Balaban J connectivity index is 1.55. The minimum absolute atomic E-state index is 0.536. The molecule has 23 heavy (non-hydrogen) atoms. The first-order valence-electron chi connectivity index (χ1n) is 8.70. The molecule has 0 radical (unpaired) electrons. The molecule has 0 amide bonds. The maximum atomic E-state index is 3.61. The van der Waals surface area contributed by atoms with Gasteiger partial charge in [-0.15, -0.1) is 0 Å². The fourth-order valence-electron chi connectivity index (χ4n) is 4.30. The van der Waals surface area contributed by atoms with E-state index in [0.29, 0.717) is 11.8 Å². The molecule has 0 heteroatoms. The van der Waals surface area contributed by atoms with Crippen LogP contribution in [0.2, 0.25) is 0 Å². The van der Waals surface area contributed by atoms with E-state index in [2.05, 4.69) is 78.6 Å². The number of allylic oxidation sites excluding steroid dienone is 1. The number of benzene rings is 2. The van der Waals surface area contributed by atoms with E-state index >= 15 is 0 Å². The summed E-state index contributed by atoms with van der Waals surface area (Å²) in [6.45, 7) is 0. The normalized spacial score (nSPS) is 28.7. The Hall–Kier alpha value is -2.26. The minimum Gasteiger partial charge on any atom is -0.0936 e. The minimum atomic E-state index is 0.536. The predicted octanol–water partition coefficient (Wildman–Crippen LogP) is 5.41. The quantitative estimate of drug-likeness (QED) is 0.650. The summed E-state index contributed by atoms with van der Waals surface area (Å²) >= 11 is 0. The molecule has 2 aromatic carbocycles. The smallest absolute Gasteiger partial charge is 0.0300 e. The molecule has 0 nitrogen and oxygen atoms in total. The van der Waals surface area contributed by atoms with Crippen LogP contribution in [-0.4, -0.2) is 0 Å². The largest absolute Gasteiger partial charge is 0.0936 e. The first kappa shape index (κ1) is 14.3. The van der Waals surface area contributed by atoms with Crippen molar-refractivity contribution in [1.82, 2.24) is 0 Å². The van der Waals surface area contributed by atoms with Gasteiger partial charge >= 0.3 is 0 Å². The molecule has 0 N–H and O–H groups in total.